The maximum atomic E-state index is 12.4. The number of nitro groups is 1. The maximum absolute atomic E-state index is 12.4. The molecule has 0 spiro atoms. The molecule has 3 aromatic rings. The van der Waals surface area contributed by atoms with Gasteiger partial charge in [0.25, 0.3) is 5.56 Å². The average Bonchev–Trinajstić information content (AvgIpc) is 2.70. The van der Waals surface area contributed by atoms with Crippen molar-refractivity contribution in [2.75, 3.05) is 6.54 Å². The van der Waals surface area contributed by atoms with Crippen LogP contribution in [0, 0.1) is 10.1 Å². The van der Waals surface area contributed by atoms with Crippen LogP contribution in [0.1, 0.15) is 16.8 Å². The Labute approximate surface area is 159 Å². The van der Waals surface area contributed by atoms with E-state index in [4.69, 9.17) is 0 Å². The fourth-order valence-corrected chi connectivity index (χ4v) is 3.35. The van der Waals surface area contributed by atoms with Crippen LogP contribution in [-0.2, 0) is 19.5 Å². The maximum Gasteiger partial charge on any atom is 0.311 e. The van der Waals surface area contributed by atoms with Crippen molar-refractivity contribution in [1.29, 1.82) is 0 Å². The third-order valence-electron chi connectivity index (χ3n) is 4.75. The molecule has 0 amide bonds. The first kappa shape index (κ1) is 17.8. The molecule has 2 N–H and O–H groups in total. The van der Waals surface area contributed by atoms with E-state index in [1.54, 1.807) is 30.5 Å². The van der Waals surface area contributed by atoms with Gasteiger partial charge in [0.05, 0.1) is 10.6 Å². The van der Waals surface area contributed by atoms with E-state index in [9.17, 15) is 20.0 Å². The highest BCUT2D eigenvalue weighted by molar-refractivity contribution is 5.51. The Morgan fingerprint density at radius 1 is 1.25 bits per heavy atom. The highest BCUT2D eigenvalue weighted by atomic mass is 16.6. The van der Waals surface area contributed by atoms with E-state index in [-0.39, 0.29) is 17.0 Å². The fraction of sp³-hybridized carbons (Fsp3) is 0.211. The van der Waals surface area contributed by atoms with Crippen molar-refractivity contribution >= 4 is 5.69 Å². The van der Waals surface area contributed by atoms with Gasteiger partial charge < -0.3 is 10.1 Å². The van der Waals surface area contributed by atoms with Crippen LogP contribution in [0.2, 0.25) is 0 Å². The number of hydrogen-bond acceptors (Lipinski definition) is 7. The first-order valence-electron chi connectivity index (χ1n) is 8.74. The summed E-state index contributed by atoms with van der Waals surface area (Å²) in [6.07, 6.45) is 2.14. The van der Waals surface area contributed by atoms with E-state index < -0.39 is 4.92 Å². The van der Waals surface area contributed by atoms with Gasteiger partial charge in [-0.15, -0.1) is 0 Å². The van der Waals surface area contributed by atoms with Gasteiger partial charge in [-0.2, -0.15) is 0 Å². The topological polar surface area (TPSA) is 125 Å². The number of para-hydroxylation sites is 1. The number of aromatic nitrogens is 3. The minimum atomic E-state index is -0.607. The Balaban J connectivity index is 1.62. The van der Waals surface area contributed by atoms with Crippen LogP contribution in [-0.4, -0.2) is 36.4 Å². The number of rotatable bonds is 4. The Bertz CT molecular complexity index is 1100. The molecule has 0 unspecified atom stereocenters. The molecule has 0 bridgehead atoms. The Kier molecular flexibility index (Phi) is 4.58. The average molecular weight is 379 g/mol. The zero-order valence-corrected chi connectivity index (χ0v) is 14.8. The van der Waals surface area contributed by atoms with Gasteiger partial charge in [0.15, 0.2) is 11.6 Å². The van der Waals surface area contributed by atoms with Crippen LogP contribution in [0.4, 0.5) is 5.69 Å². The van der Waals surface area contributed by atoms with E-state index in [0.29, 0.717) is 54.4 Å². The lowest BCUT2D eigenvalue weighted by Crippen LogP contribution is -2.35. The summed E-state index contributed by atoms with van der Waals surface area (Å²) < 4.78 is 0. The van der Waals surface area contributed by atoms with E-state index in [2.05, 4.69) is 15.0 Å². The molecule has 9 nitrogen and oxygen atoms in total. The first-order valence-corrected chi connectivity index (χ1v) is 8.74. The Morgan fingerprint density at radius 2 is 2.11 bits per heavy atom. The van der Waals surface area contributed by atoms with Crippen molar-refractivity contribution in [3.8, 4) is 17.3 Å². The van der Waals surface area contributed by atoms with Crippen LogP contribution >= 0.6 is 0 Å². The van der Waals surface area contributed by atoms with E-state index >= 15 is 0 Å². The summed E-state index contributed by atoms with van der Waals surface area (Å²) in [6, 6.07) is 9.85. The number of phenols is 1. The number of hydrogen-bond donors (Lipinski definition) is 2. The lowest BCUT2D eigenvalue weighted by Gasteiger charge is -2.27. The minimum absolute atomic E-state index is 0.177. The summed E-state index contributed by atoms with van der Waals surface area (Å²) in [4.78, 5) is 36.4. The van der Waals surface area contributed by atoms with Gasteiger partial charge in [-0.25, -0.2) is 4.98 Å². The number of nitro benzene ring substituents is 1. The molecule has 0 aliphatic carbocycles. The molecule has 0 saturated heterocycles. The van der Waals surface area contributed by atoms with Crippen molar-refractivity contribution in [2.24, 2.45) is 0 Å². The number of pyridine rings is 1. The van der Waals surface area contributed by atoms with E-state index in [1.807, 2.05) is 11.0 Å². The molecule has 0 radical (unpaired) electrons. The molecular formula is C19H17N5O4. The van der Waals surface area contributed by atoms with Crippen LogP contribution in [0.25, 0.3) is 11.5 Å². The number of fused-ring (bicyclic) bond motifs is 1. The molecule has 28 heavy (non-hydrogen) atoms. The van der Waals surface area contributed by atoms with Crippen LogP contribution < -0.4 is 5.56 Å². The number of nitrogens with zero attached hydrogens (tertiary/aromatic N) is 4. The largest absolute Gasteiger partial charge is 0.502 e. The highest BCUT2D eigenvalue weighted by Gasteiger charge is 2.24. The summed E-state index contributed by atoms with van der Waals surface area (Å²) >= 11 is 0. The first-order chi connectivity index (χ1) is 13.5. The van der Waals surface area contributed by atoms with Crippen molar-refractivity contribution in [2.45, 2.75) is 19.5 Å². The molecule has 142 valence electrons. The summed E-state index contributed by atoms with van der Waals surface area (Å²) in [5, 5.41) is 21.2. The lowest BCUT2D eigenvalue weighted by molar-refractivity contribution is -0.385. The van der Waals surface area contributed by atoms with Crippen LogP contribution in [0.3, 0.4) is 0 Å². The number of benzene rings is 1. The van der Waals surface area contributed by atoms with Crippen molar-refractivity contribution in [3.05, 3.63) is 79.9 Å². The summed E-state index contributed by atoms with van der Waals surface area (Å²) in [6.45, 7) is 1.31. The third kappa shape index (κ3) is 3.35. The molecule has 1 aliphatic heterocycles. The number of nitrogens with one attached hydrogen (secondary N) is 1. The highest BCUT2D eigenvalue weighted by Crippen LogP contribution is 2.31. The normalized spacial score (nSPS) is 13.9. The summed E-state index contributed by atoms with van der Waals surface area (Å²) in [5.41, 5.74) is 1.84. The molecule has 9 heteroatoms. The fourth-order valence-electron chi connectivity index (χ4n) is 3.35. The molecule has 4 rings (SSSR count). The summed E-state index contributed by atoms with van der Waals surface area (Å²) in [7, 11) is 0. The lowest BCUT2D eigenvalue weighted by atomic mass is 10.0. The van der Waals surface area contributed by atoms with Gasteiger partial charge in [-0.1, -0.05) is 18.2 Å². The standard InChI is InChI=1S/C19H17N5O4/c25-17-12(4-3-6-16(17)24(27)28)10-23-9-7-13-15(11-23)21-18(22-19(13)26)14-5-1-2-8-20-14/h1-6,8,25H,7,9-11H2,(H,21,22,26). The molecule has 0 atom stereocenters. The second-order valence-electron chi connectivity index (χ2n) is 6.56. The van der Waals surface area contributed by atoms with Gasteiger partial charge in [-0.3, -0.25) is 24.8 Å². The Morgan fingerprint density at radius 3 is 2.86 bits per heavy atom. The summed E-state index contributed by atoms with van der Waals surface area (Å²) in [5.74, 6) is 0.0794. The molecule has 1 aliphatic rings. The number of phenolic OH excluding ortho intramolecular Hbond substituents is 1. The van der Waals surface area contributed by atoms with Gasteiger partial charge in [0.1, 0.15) is 5.69 Å². The van der Waals surface area contributed by atoms with Gasteiger partial charge in [0.2, 0.25) is 0 Å². The molecule has 1 aromatic carbocycles. The molecule has 2 aromatic heterocycles. The van der Waals surface area contributed by atoms with Crippen molar-refractivity contribution < 1.29 is 10.0 Å². The quantitative estimate of drug-likeness (QED) is 0.524. The van der Waals surface area contributed by atoms with Crippen LogP contribution in [0.15, 0.2) is 47.4 Å². The number of aromatic amines is 1. The zero-order valence-electron chi connectivity index (χ0n) is 14.8. The number of H-pyrrole nitrogens is 1. The molecule has 3 heterocycles. The SMILES string of the molecule is O=c1[nH]c(-c2ccccn2)nc2c1CCN(Cc1cccc([N+](=O)[O-])c1O)C2. The van der Waals surface area contributed by atoms with Crippen molar-refractivity contribution in [3.63, 3.8) is 0 Å². The second-order valence-corrected chi connectivity index (χ2v) is 6.56. The monoisotopic (exact) mass is 379 g/mol. The smallest absolute Gasteiger partial charge is 0.311 e. The predicted molar refractivity (Wildman–Crippen MR) is 101 cm³/mol. The van der Waals surface area contributed by atoms with Gasteiger partial charge in [-0.05, 0) is 18.6 Å². The zero-order chi connectivity index (χ0) is 19.7. The van der Waals surface area contributed by atoms with Gasteiger partial charge in [0, 0.05) is 43.0 Å². The third-order valence-corrected chi connectivity index (χ3v) is 4.75. The van der Waals surface area contributed by atoms with Gasteiger partial charge >= 0.3 is 5.69 Å². The van der Waals surface area contributed by atoms with Crippen LogP contribution in [0.5, 0.6) is 5.75 Å². The van der Waals surface area contributed by atoms with E-state index in [1.165, 1.54) is 6.07 Å². The molecular weight excluding hydrogens is 362 g/mol. The van der Waals surface area contributed by atoms with E-state index in [0.717, 1.165) is 0 Å². The predicted octanol–water partition coefficient (Wildman–Crippen LogP) is 2.00. The number of aromatic hydroxyl groups is 1. The second kappa shape index (κ2) is 7.20. The Hall–Kier alpha value is -3.59. The minimum Gasteiger partial charge on any atom is -0.502 e. The molecule has 0 saturated carbocycles. The van der Waals surface area contributed by atoms with Crippen molar-refractivity contribution in [1.82, 2.24) is 19.9 Å². The molecule has 0 fully saturated rings.